The van der Waals surface area contributed by atoms with Crippen LogP contribution in [0.4, 0.5) is 4.79 Å². The van der Waals surface area contributed by atoms with E-state index in [0.717, 1.165) is 44.4 Å². The molecule has 2 atom stereocenters. The zero-order valence-electron chi connectivity index (χ0n) is 17.2. The fourth-order valence-corrected chi connectivity index (χ4v) is 4.71. The molecule has 0 unspecified atom stereocenters. The minimum absolute atomic E-state index is 0.0285. The van der Waals surface area contributed by atoms with E-state index in [4.69, 9.17) is 0 Å². The van der Waals surface area contributed by atoms with Gasteiger partial charge in [0.15, 0.2) is 0 Å². The number of urea groups is 1. The molecule has 3 N–H and O–H groups in total. The van der Waals surface area contributed by atoms with Gasteiger partial charge in [-0.2, -0.15) is 0 Å². The summed E-state index contributed by atoms with van der Waals surface area (Å²) in [5, 5.41) is 15.9. The second-order valence-electron chi connectivity index (χ2n) is 9.02. The number of rotatable bonds is 8. The Morgan fingerprint density at radius 1 is 1.00 bits per heavy atom. The molecule has 0 aromatic rings. The van der Waals surface area contributed by atoms with E-state index < -0.39 is 0 Å². The second-order valence-corrected chi connectivity index (χ2v) is 9.02. The van der Waals surface area contributed by atoms with Crippen LogP contribution >= 0.6 is 0 Å². The maximum atomic E-state index is 12.3. The molecule has 2 saturated carbocycles. The Balaban J connectivity index is 1.67. The molecule has 152 valence electrons. The summed E-state index contributed by atoms with van der Waals surface area (Å²) in [4.78, 5) is 14.5. The minimum atomic E-state index is -0.0985. The van der Waals surface area contributed by atoms with Crippen molar-refractivity contribution in [3.63, 3.8) is 0 Å². The van der Waals surface area contributed by atoms with Gasteiger partial charge in [0.2, 0.25) is 0 Å². The summed E-state index contributed by atoms with van der Waals surface area (Å²) in [6.07, 6.45) is 12.9. The van der Waals surface area contributed by atoms with E-state index in [1.165, 1.54) is 32.1 Å². The van der Waals surface area contributed by atoms with Gasteiger partial charge in [-0.1, -0.05) is 32.1 Å². The first kappa shape index (κ1) is 21.5. The molecule has 2 aliphatic rings. The average Bonchev–Trinajstić information content (AvgIpc) is 2.60. The van der Waals surface area contributed by atoms with E-state index in [-0.39, 0.29) is 18.2 Å². The average molecular weight is 368 g/mol. The lowest BCUT2D eigenvalue weighted by molar-refractivity contribution is 0.0971. The molecule has 5 heteroatoms. The van der Waals surface area contributed by atoms with Gasteiger partial charge in [0.05, 0.1) is 6.10 Å². The van der Waals surface area contributed by atoms with E-state index in [2.05, 4.69) is 36.6 Å². The van der Waals surface area contributed by atoms with Gasteiger partial charge in [-0.15, -0.1) is 0 Å². The number of likely N-dealkylation sites (N-methyl/N-ethyl adjacent to an activating group) is 1. The van der Waals surface area contributed by atoms with Gasteiger partial charge in [-0.25, -0.2) is 4.79 Å². The van der Waals surface area contributed by atoms with Crippen molar-refractivity contribution in [1.29, 1.82) is 0 Å². The minimum Gasteiger partial charge on any atom is -0.393 e. The summed E-state index contributed by atoms with van der Waals surface area (Å²) in [5.41, 5.74) is 0. The monoisotopic (exact) mass is 367 g/mol. The summed E-state index contributed by atoms with van der Waals surface area (Å²) in [6.45, 7) is 2.82. The third-order valence-electron chi connectivity index (χ3n) is 6.44. The van der Waals surface area contributed by atoms with Crippen LogP contribution in [0.2, 0.25) is 0 Å². The fraction of sp³-hybridized carbons (Fsp3) is 0.952. The highest BCUT2D eigenvalue weighted by atomic mass is 16.3. The highest BCUT2D eigenvalue weighted by Crippen LogP contribution is 2.29. The molecular weight excluding hydrogens is 326 g/mol. The van der Waals surface area contributed by atoms with Crippen LogP contribution in [0, 0.1) is 11.8 Å². The highest BCUT2D eigenvalue weighted by Gasteiger charge is 2.24. The molecule has 2 aliphatic carbocycles. The van der Waals surface area contributed by atoms with Crippen molar-refractivity contribution in [2.24, 2.45) is 11.8 Å². The van der Waals surface area contributed by atoms with Crippen molar-refractivity contribution < 1.29 is 9.90 Å². The number of carbonyl (C=O) groups is 1. The van der Waals surface area contributed by atoms with Gasteiger partial charge in [0.1, 0.15) is 0 Å². The first-order valence-electron chi connectivity index (χ1n) is 10.8. The second kappa shape index (κ2) is 11.1. The molecule has 2 fully saturated rings. The van der Waals surface area contributed by atoms with Crippen LogP contribution in [-0.2, 0) is 0 Å². The van der Waals surface area contributed by atoms with Gasteiger partial charge in [-0.3, -0.25) is 0 Å². The lowest BCUT2D eigenvalue weighted by Crippen LogP contribution is -2.47. The quantitative estimate of drug-likeness (QED) is 0.615. The Kier molecular flexibility index (Phi) is 9.20. The molecule has 0 saturated heterocycles. The largest absolute Gasteiger partial charge is 0.393 e. The molecule has 0 bridgehead atoms. The normalized spacial score (nSPS) is 27.1. The Bertz CT molecular complexity index is 402. The number of nitrogens with zero attached hydrogens (tertiary/aromatic N) is 1. The maximum Gasteiger partial charge on any atom is 0.315 e. The number of aliphatic hydroxyl groups excluding tert-OH is 1. The first-order chi connectivity index (χ1) is 12.4. The Morgan fingerprint density at radius 3 is 2.23 bits per heavy atom. The Labute approximate surface area is 160 Å². The zero-order valence-corrected chi connectivity index (χ0v) is 17.2. The molecular formula is C21H41N3O2. The van der Waals surface area contributed by atoms with E-state index in [1.54, 1.807) is 0 Å². The van der Waals surface area contributed by atoms with Crippen LogP contribution in [0.15, 0.2) is 0 Å². The van der Waals surface area contributed by atoms with Crippen LogP contribution < -0.4 is 10.6 Å². The number of aliphatic hydroxyl groups is 1. The zero-order chi connectivity index (χ0) is 18.9. The van der Waals surface area contributed by atoms with Crippen LogP contribution in [0.1, 0.15) is 77.6 Å². The van der Waals surface area contributed by atoms with Crippen molar-refractivity contribution >= 4 is 6.03 Å². The Morgan fingerprint density at radius 2 is 1.62 bits per heavy atom. The predicted molar refractivity (Wildman–Crippen MR) is 107 cm³/mol. The van der Waals surface area contributed by atoms with Crippen molar-refractivity contribution in [3.8, 4) is 0 Å². The molecule has 0 aromatic heterocycles. The highest BCUT2D eigenvalue weighted by molar-refractivity contribution is 5.74. The molecule has 0 radical (unpaired) electrons. The van der Waals surface area contributed by atoms with Crippen LogP contribution in [0.3, 0.4) is 0 Å². The maximum absolute atomic E-state index is 12.3. The molecule has 2 rings (SSSR count). The lowest BCUT2D eigenvalue weighted by Gasteiger charge is -2.32. The van der Waals surface area contributed by atoms with Gasteiger partial charge in [0.25, 0.3) is 0 Å². The molecule has 0 spiro atoms. The number of nitrogens with one attached hydrogen (secondary N) is 2. The van der Waals surface area contributed by atoms with Gasteiger partial charge < -0.3 is 20.6 Å². The number of hydrogen-bond acceptors (Lipinski definition) is 3. The molecule has 0 aromatic carbocycles. The number of amides is 2. The SMILES string of the molecule is C[C@@H](CC1CCCCC1)NC(=O)NC[C@H](CC1CCC(O)CC1)N(C)C. The van der Waals surface area contributed by atoms with Crippen molar-refractivity contribution in [2.45, 2.75) is 95.7 Å². The summed E-state index contributed by atoms with van der Waals surface area (Å²) in [5.74, 6) is 1.45. The lowest BCUT2D eigenvalue weighted by atomic mass is 9.83. The van der Waals surface area contributed by atoms with E-state index in [0.29, 0.717) is 18.5 Å². The van der Waals surface area contributed by atoms with E-state index in [9.17, 15) is 9.90 Å². The molecule has 0 heterocycles. The fourth-order valence-electron chi connectivity index (χ4n) is 4.71. The van der Waals surface area contributed by atoms with Crippen molar-refractivity contribution in [3.05, 3.63) is 0 Å². The van der Waals surface area contributed by atoms with Crippen LogP contribution in [0.25, 0.3) is 0 Å². The van der Waals surface area contributed by atoms with Crippen LogP contribution in [0.5, 0.6) is 0 Å². The van der Waals surface area contributed by atoms with Gasteiger partial charge in [-0.05, 0) is 71.4 Å². The summed E-state index contributed by atoms with van der Waals surface area (Å²) in [7, 11) is 4.18. The Hall–Kier alpha value is -0.810. The smallest absolute Gasteiger partial charge is 0.315 e. The van der Waals surface area contributed by atoms with E-state index >= 15 is 0 Å². The summed E-state index contributed by atoms with van der Waals surface area (Å²) >= 11 is 0. The van der Waals surface area contributed by atoms with Crippen molar-refractivity contribution in [2.75, 3.05) is 20.6 Å². The van der Waals surface area contributed by atoms with Gasteiger partial charge >= 0.3 is 6.03 Å². The van der Waals surface area contributed by atoms with Gasteiger partial charge in [0, 0.05) is 18.6 Å². The van der Waals surface area contributed by atoms with Crippen molar-refractivity contribution in [1.82, 2.24) is 15.5 Å². The molecule has 2 amide bonds. The third kappa shape index (κ3) is 7.83. The number of carbonyl (C=O) groups excluding carboxylic acids is 1. The van der Waals surface area contributed by atoms with Crippen LogP contribution in [-0.4, -0.2) is 54.9 Å². The number of hydrogen-bond donors (Lipinski definition) is 3. The first-order valence-corrected chi connectivity index (χ1v) is 10.8. The predicted octanol–water partition coefficient (Wildman–Crippen LogP) is 3.52. The summed E-state index contributed by atoms with van der Waals surface area (Å²) in [6, 6.07) is 0.574. The summed E-state index contributed by atoms with van der Waals surface area (Å²) < 4.78 is 0. The topological polar surface area (TPSA) is 64.6 Å². The third-order valence-corrected chi connectivity index (χ3v) is 6.44. The standard InChI is InChI=1S/C21H41N3O2/c1-16(13-17-7-5-4-6-8-17)23-21(26)22-15-19(24(2)3)14-18-9-11-20(25)12-10-18/h16-20,25H,4-15H2,1-3H3,(H2,22,23,26)/t16-,18?,19-,20?/m0/s1. The molecule has 0 aliphatic heterocycles. The van der Waals surface area contributed by atoms with E-state index in [1.807, 2.05) is 0 Å². The molecule has 5 nitrogen and oxygen atoms in total. The molecule has 26 heavy (non-hydrogen) atoms.